The zero-order valence-corrected chi connectivity index (χ0v) is 15.3. The van der Waals surface area contributed by atoms with Crippen molar-refractivity contribution in [1.82, 2.24) is 15.6 Å². The Labute approximate surface area is 157 Å². The number of nitrogens with one attached hydrogen (secondary N) is 2. The molecule has 1 amide bonds. The Morgan fingerprint density at radius 3 is 2.85 bits per heavy atom. The van der Waals surface area contributed by atoms with Gasteiger partial charge in [-0.2, -0.15) is 0 Å². The van der Waals surface area contributed by atoms with E-state index >= 15 is 0 Å². The van der Waals surface area contributed by atoms with Crippen molar-refractivity contribution >= 4 is 17.2 Å². The minimum absolute atomic E-state index is 0.000265. The first kappa shape index (κ1) is 16.9. The highest BCUT2D eigenvalue weighted by molar-refractivity contribution is 7.15. The highest BCUT2D eigenvalue weighted by atomic mass is 32.1. The number of benzene rings is 1. The molecule has 0 radical (unpaired) electrons. The summed E-state index contributed by atoms with van der Waals surface area (Å²) < 4.78 is 0. The number of pyridine rings is 1. The molecule has 0 spiro atoms. The van der Waals surface area contributed by atoms with E-state index in [4.69, 9.17) is 0 Å². The molecule has 1 fully saturated rings. The van der Waals surface area contributed by atoms with Crippen LogP contribution in [0.2, 0.25) is 0 Å². The molecule has 2 aromatic heterocycles. The normalized spacial score (nSPS) is 16.5. The number of rotatable bonds is 5. The average Bonchev–Trinajstić information content (AvgIpc) is 3.39. The second-order valence-electron chi connectivity index (χ2n) is 6.44. The van der Waals surface area contributed by atoms with Crippen LogP contribution in [0.5, 0.6) is 0 Å². The summed E-state index contributed by atoms with van der Waals surface area (Å²) >= 11 is 1.67. The van der Waals surface area contributed by atoms with Gasteiger partial charge in [-0.3, -0.25) is 9.78 Å². The minimum Gasteiger partial charge on any atom is -0.347 e. The standard InChI is InChI=1S/C21H21N3OS/c25-21(18-6-2-1-5-17(18)15-10-12-22-13-15)24-14-16-8-9-20(26-16)19-7-3-4-11-23-19/h1-9,11,15,22H,10,12-14H2,(H,24,25)/t15-/m0/s1. The molecule has 1 aromatic carbocycles. The van der Waals surface area contributed by atoms with Gasteiger partial charge >= 0.3 is 0 Å². The fourth-order valence-corrected chi connectivity index (χ4v) is 4.29. The maximum Gasteiger partial charge on any atom is 0.251 e. The van der Waals surface area contributed by atoms with Crippen molar-refractivity contribution in [2.45, 2.75) is 18.9 Å². The molecule has 4 nitrogen and oxygen atoms in total. The first-order valence-electron chi connectivity index (χ1n) is 8.89. The van der Waals surface area contributed by atoms with E-state index in [-0.39, 0.29) is 5.91 Å². The van der Waals surface area contributed by atoms with Gasteiger partial charge in [0.2, 0.25) is 0 Å². The van der Waals surface area contributed by atoms with Crippen LogP contribution in [-0.2, 0) is 6.54 Å². The van der Waals surface area contributed by atoms with Crippen LogP contribution in [0.3, 0.4) is 0 Å². The van der Waals surface area contributed by atoms with E-state index in [9.17, 15) is 4.79 Å². The summed E-state index contributed by atoms with van der Waals surface area (Å²) in [6.45, 7) is 2.50. The van der Waals surface area contributed by atoms with Crippen molar-refractivity contribution in [1.29, 1.82) is 0 Å². The van der Waals surface area contributed by atoms with Gasteiger partial charge in [0.1, 0.15) is 0 Å². The van der Waals surface area contributed by atoms with Crippen LogP contribution in [0.15, 0.2) is 60.8 Å². The number of thiophene rings is 1. The zero-order valence-electron chi connectivity index (χ0n) is 14.4. The summed E-state index contributed by atoms with van der Waals surface area (Å²) in [4.78, 5) is 19.4. The van der Waals surface area contributed by atoms with Gasteiger partial charge in [0, 0.05) is 23.2 Å². The molecule has 4 rings (SSSR count). The second kappa shape index (κ2) is 7.81. The molecule has 26 heavy (non-hydrogen) atoms. The van der Waals surface area contributed by atoms with Gasteiger partial charge in [0.05, 0.1) is 17.1 Å². The van der Waals surface area contributed by atoms with Crippen molar-refractivity contribution in [3.05, 3.63) is 76.8 Å². The molecule has 1 atom stereocenters. The van der Waals surface area contributed by atoms with Gasteiger partial charge in [0.25, 0.3) is 5.91 Å². The van der Waals surface area contributed by atoms with E-state index in [1.165, 1.54) is 0 Å². The lowest BCUT2D eigenvalue weighted by molar-refractivity contribution is 0.0950. The van der Waals surface area contributed by atoms with E-state index in [1.54, 1.807) is 17.5 Å². The third-order valence-corrected chi connectivity index (χ3v) is 5.82. The van der Waals surface area contributed by atoms with Crippen molar-refractivity contribution in [2.24, 2.45) is 0 Å². The number of nitrogens with zero attached hydrogens (tertiary/aromatic N) is 1. The Hall–Kier alpha value is -2.50. The molecule has 132 valence electrons. The molecule has 0 aliphatic carbocycles. The summed E-state index contributed by atoms with van der Waals surface area (Å²) in [7, 11) is 0. The Morgan fingerprint density at radius 2 is 2.04 bits per heavy atom. The van der Waals surface area contributed by atoms with Gasteiger partial charge in [-0.15, -0.1) is 11.3 Å². The van der Waals surface area contributed by atoms with Crippen molar-refractivity contribution in [3.8, 4) is 10.6 Å². The van der Waals surface area contributed by atoms with Crippen LogP contribution < -0.4 is 10.6 Å². The van der Waals surface area contributed by atoms with Gasteiger partial charge in [-0.05, 0) is 54.8 Å². The third kappa shape index (κ3) is 3.69. The van der Waals surface area contributed by atoms with E-state index in [0.717, 1.165) is 46.1 Å². The first-order chi connectivity index (χ1) is 12.8. The molecule has 3 aromatic rings. The van der Waals surface area contributed by atoms with E-state index in [1.807, 2.05) is 36.4 Å². The van der Waals surface area contributed by atoms with E-state index < -0.39 is 0 Å². The van der Waals surface area contributed by atoms with Gasteiger partial charge in [0.15, 0.2) is 0 Å². The molecule has 5 heteroatoms. The maximum absolute atomic E-state index is 12.7. The lowest BCUT2D eigenvalue weighted by Crippen LogP contribution is -2.24. The van der Waals surface area contributed by atoms with E-state index in [2.05, 4.69) is 33.8 Å². The summed E-state index contributed by atoms with van der Waals surface area (Å²) in [5.41, 5.74) is 2.91. The van der Waals surface area contributed by atoms with Crippen LogP contribution >= 0.6 is 11.3 Å². The summed E-state index contributed by atoms with van der Waals surface area (Å²) in [5, 5.41) is 6.45. The Morgan fingerprint density at radius 1 is 1.15 bits per heavy atom. The first-order valence-corrected chi connectivity index (χ1v) is 9.71. The second-order valence-corrected chi connectivity index (χ2v) is 7.61. The number of carbonyl (C=O) groups excluding carboxylic acids is 1. The highest BCUT2D eigenvalue weighted by Gasteiger charge is 2.21. The molecule has 0 unspecified atom stereocenters. The number of aromatic nitrogens is 1. The number of hydrogen-bond donors (Lipinski definition) is 2. The molecule has 1 aliphatic heterocycles. The SMILES string of the molecule is O=C(NCc1ccc(-c2ccccn2)s1)c1ccccc1[C@H]1CCNC1. The van der Waals surface area contributed by atoms with Crippen LogP contribution in [0, 0.1) is 0 Å². The zero-order chi connectivity index (χ0) is 17.8. The largest absolute Gasteiger partial charge is 0.347 e. The maximum atomic E-state index is 12.7. The highest BCUT2D eigenvalue weighted by Crippen LogP contribution is 2.27. The molecule has 0 saturated carbocycles. The third-order valence-electron chi connectivity index (χ3n) is 4.71. The van der Waals surface area contributed by atoms with Crippen LogP contribution in [-0.4, -0.2) is 24.0 Å². The van der Waals surface area contributed by atoms with Crippen LogP contribution in [0.4, 0.5) is 0 Å². The summed E-state index contributed by atoms with van der Waals surface area (Å²) in [5.74, 6) is 0.426. The fraction of sp³-hybridized carbons (Fsp3) is 0.238. The Balaban J connectivity index is 1.44. The van der Waals surface area contributed by atoms with Gasteiger partial charge in [-0.1, -0.05) is 24.3 Å². The predicted octanol–water partition coefficient (Wildman–Crippen LogP) is 3.82. The van der Waals surface area contributed by atoms with Crippen molar-refractivity contribution < 1.29 is 4.79 Å². The molecular formula is C21H21N3OS. The lowest BCUT2D eigenvalue weighted by atomic mass is 9.93. The topological polar surface area (TPSA) is 54.0 Å². The van der Waals surface area contributed by atoms with Crippen molar-refractivity contribution in [2.75, 3.05) is 13.1 Å². The fourth-order valence-electron chi connectivity index (χ4n) is 3.36. The Bertz CT molecular complexity index is 885. The molecule has 2 N–H and O–H groups in total. The van der Waals surface area contributed by atoms with E-state index in [0.29, 0.717) is 12.5 Å². The summed E-state index contributed by atoms with van der Waals surface area (Å²) in [6, 6.07) is 18.0. The number of carbonyl (C=O) groups is 1. The molecule has 1 aliphatic rings. The minimum atomic E-state index is 0.000265. The molecule has 1 saturated heterocycles. The predicted molar refractivity (Wildman–Crippen MR) is 105 cm³/mol. The van der Waals surface area contributed by atoms with Gasteiger partial charge < -0.3 is 10.6 Å². The smallest absolute Gasteiger partial charge is 0.251 e. The van der Waals surface area contributed by atoms with Crippen LogP contribution in [0.25, 0.3) is 10.6 Å². The molecule has 3 heterocycles. The monoisotopic (exact) mass is 363 g/mol. The number of hydrogen-bond acceptors (Lipinski definition) is 4. The lowest BCUT2D eigenvalue weighted by Gasteiger charge is -2.14. The Kier molecular flexibility index (Phi) is 5.09. The summed E-state index contributed by atoms with van der Waals surface area (Å²) in [6.07, 6.45) is 2.88. The molecular weight excluding hydrogens is 342 g/mol. The van der Waals surface area contributed by atoms with Crippen LogP contribution in [0.1, 0.15) is 33.1 Å². The van der Waals surface area contributed by atoms with Crippen molar-refractivity contribution in [3.63, 3.8) is 0 Å². The quantitative estimate of drug-likeness (QED) is 0.725. The molecule has 0 bridgehead atoms. The number of amides is 1. The van der Waals surface area contributed by atoms with Gasteiger partial charge in [-0.25, -0.2) is 0 Å². The average molecular weight is 363 g/mol.